The quantitative estimate of drug-likeness (QED) is 0.407. The molecule has 3 rings (SSSR count). The molecule has 1 aromatic carbocycles. The van der Waals surface area contributed by atoms with E-state index in [2.05, 4.69) is 6.07 Å². The van der Waals surface area contributed by atoms with Crippen LogP contribution in [0.3, 0.4) is 0 Å². The minimum atomic E-state index is -0.669. The number of halogens is 1. The van der Waals surface area contributed by atoms with Crippen LogP contribution in [0.2, 0.25) is 0 Å². The first-order valence-corrected chi connectivity index (χ1v) is 12.6. The molecule has 1 aromatic heterocycles. The van der Waals surface area contributed by atoms with Crippen molar-refractivity contribution in [2.75, 3.05) is 59.7 Å². The lowest BCUT2D eigenvalue weighted by Gasteiger charge is -2.37. The zero-order valence-corrected chi connectivity index (χ0v) is 20.8. The number of benzene rings is 1. The number of amides is 1. The second-order valence-corrected chi connectivity index (χ2v) is 9.31. The topological polar surface area (TPSA) is 71.5 Å². The highest BCUT2D eigenvalue weighted by Crippen LogP contribution is 2.34. The molecule has 1 aliphatic heterocycles. The summed E-state index contributed by atoms with van der Waals surface area (Å²) in [5.74, 6) is 0.240. The predicted octanol–water partition coefficient (Wildman–Crippen LogP) is 3.13. The third-order valence-electron chi connectivity index (χ3n) is 5.80. The molecule has 0 saturated carbocycles. The number of carbonyl (C=O) groups is 1. The first kappa shape index (κ1) is 26.6. The standard InChI is InChI=1S/C25H35FN2O5S/c1-3-32-17-20(29)15-27(11-4-13-31-2)16-25(30)28-12-9-24-22(10-14-34-24)23(28)18-33-21-7-5-19(26)6-8-21/h5-8,10,14,20,23,29H,3-4,9,11-13,15-18H2,1-2H3/t20-,23+/m1/s1. The number of hydrogen-bond acceptors (Lipinski definition) is 7. The number of rotatable bonds is 14. The van der Waals surface area contributed by atoms with Gasteiger partial charge in [-0.15, -0.1) is 11.3 Å². The molecular weight excluding hydrogens is 459 g/mol. The molecule has 1 amide bonds. The van der Waals surface area contributed by atoms with E-state index >= 15 is 0 Å². The van der Waals surface area contributed by atoms with Crippen molar-refractivity contribution in [3.63, 3.8) is 0 Å². The Morgan fingerprint density at radius 2 is 2.12 bits per heavy atom. The number of aliphatic hydroxyl groups is 1. The molecule has 0 aliphatic carbocycles. The number of ether oxygens (including phenoxy) is 3. The number of hydrogen-bond donors (Lipinski definition) is 1. The summed E-state index contributed by atoms with van der Waals surface area (Å²) >= 11 is 1.70. The summed E-state index contributed by atoms with van der Waals surface area (Å²) in [6, 6.07) is 7.75. The molecule has 1 N–H and O–H groups in total. The first-order valence-electron chi connectivity index (χ1n) is 11.7. The van der Waals surface area contributed by atoms with Gasteiger partial charge in [-0.05, 0) is 61.0 Å². The van der Waals surface area contributed by atoms with E-state index in [1.165, 1.54) is 17.0 Å². The van der Waals surface area contributed by atoms with E-state index in [0.29, 0.717) is 38.6 Å². The Labute approximate surface area is 205 Å². The molecule has 0 radical (unpaired) electrons. The van der Waals surface area contributed by atoms with Gasteiger partial charge in [0, 0.05) is 44.8 Å². The first-order chi connectivity index (χ1) is 16.5. The highest BCUT2D eigenvalue weighted by Gasteiger charge is 2.33. The van der Waals surface area contributed by atoms with E-state index in [1.807, 2.05) is 22.1 Å². The Bertz CT molecular complexity index is 878. The fourth-order valence-corrected chi connectivity index (χ4v) is 5.06. The maximum Gasteiger partial charge on any atom is 0.237 e. The van der Waals surface area contributed by atoms with Gasteiger partial charge in [0.25, 0.3) is 0 Å². The van der Waals surface area contributed by atoms with E-state index in [-0.39, 0.29) is 37.5 Å². The number of fused-ring (bicyclic) bond motifs is 1. The van der Waals surface area contributed by atoms with Crippen LogP contribution >= 0.6 is 11.3 Å². The van der Waals surface area contributed by atoms with Gasteiger partial charge in [-0.3, -0.25) is 9.69 Å². The molecule has 2 aromatic rings. The number of carbonyl (C=O) groups excluding carboxylic acids is 1. The van der Waals surface area contributed by atoms with Gasteiger partial charge < -0.3 is 24.2 Å². The molecule has 2 atom stereocenters. The van der Waals surface area contributed by atoms with E-state index in [1.54, 1.807) is 30.6 Å². The smallest absolute Gasteiger partial charge is 0.237 e. The maximum atomic E-state index is 13.5. The molecule has 34 heavy (non-hydrogen) atoms. The Kier molecular flexibility index (Phi) is 10.7. The van der Waals surface area contributed by atoms with Crippen LogP contribution in [0.15, 0.2) is 35.7 Å². The van der Waals surface area contributed by atoms with Crippen molar-refractivity contribution in [2.24, 2.45) is 0 Å². The normalized spacial score (nSPS) is 16.5. The summed E-state index contributed by atoms with van der Waals surface area (Å²) in [4.78, 5) is 18.6. The lowest BCUT2D eigenvalue weighted by molar-refractivity contribution is -0.136. The number of thiophene rings is 1. The minimum absolute atomic E-state index is 0.00872. The van der Waals surface area contributed by atoms with Gasteiger partial charge in [0.1, 0.15) is 18.2 Å². The zero-order chi connectivity index (χ0) is 24.3. The van der Waals surface area contributed by atoms with Crippen LogP contribution in [0.4, 0.5) is 4.39 Å². The highest BCUT2D eigenvalue weighted by molar-refractivity contribution is 7.10. The molecule has 0 spiro atoms. The molecule has 9 heteroatoms. The average Bonchev–Trinajstić information content (AvgIpc) is 3.31. The molecular formula is C25H35FN2O5S. The van der Waals surface area contributed by atoms with Crippen LogP contribution in [0.5, 0.6) is 5.75 Å². The van der Waals surface area contributed by atoms with Gasteiger partial charge >= 0.3 is 0 Å². The van der Waals surface area contributed by atoms with Gasteiger partial charge in [-0.25, -0.2) is 4.39 Å². The van der Waals surface area contributed by atoms with Crippen LogP contribution < -0.4 is 4.74 Å². The van der Waals surface area contributed by atoms with Gasteiger partial charge in [-0.2, -0.15) is 0 Å². The SMILES string of the molecule is CCOC[C@H](O)CN(CCCOC)CC(=O)N1CCc2sccc2[C@@H]1COc1ccc(F)cc1. The molecule has 0 unspecified atom stereocenters. The highest BCUT2D eigenvalue weighted by atomic mass is 32.1. The molecule has 188 valence electrons. The Morgan fingerprint density at radius 3 is 2.85 bits per heavy atom. The van der Waals surface area contributed by atoms with Crippen molar-refractivity contribution in [3.8, 4) is 5.75 Å². The summed E-state index contributed by atoms with van der Waals surface area (Å²) in [7, 11) is 1.65. The third kappa shape index (κ3) is 7.74. The maximum absolute atomic E-state index is 13.5. The van der Waals surface area contributed by atoms with Gasteiger partial charge in [0.15, 0.2) is 0 Å². The molecule has 0 bridgehead atoms. The monoisotopic (exact) mass is 494 g/mol. The molecule has 0 saturated heterocycles. The van der Waals surface area contributed by atoms with E-state index in [9.17, 15) is 14.3 Å². The molecule has 2 heterocycles. The zero-order valence-electron chi connectivity index (χ0n) is 20.0. The second kappa shape index (κ2) is 13.7. The largest absolute Gasteiger partial charge is 0.491 e. The average molecular weight is 495 g/mol. The summed E-state index contributed by atoms with van der Waals surface area (Å²) in [5.41, 5.74) is 1.11. The van der Waals surface area contributed by atoms with Crippen LogP contribution in [-0.4, -0.2) is 86.6 Å². The summed E-state index contributed by atoms with van der Waals surface area (Å²) in [5, 5.41) is 12.4. The number of methoxy groups -OCH3 is 1. The van der Waals surface area contributed by atoms with E-state index in [4.69, 9.17) is 14.2 Å². The fourth-order valence-electron chi connectivity index (χ4n) is 4.13. The summed E-state index contributed by atoms with van der Waals surface area (Å²) in [6.45, 7) is 5.32. The second-order valence-electron chi connectivity index (χ2n) is 8.31. The Morgan fingerprint density at radius 1 is 1.32 bits per heavy atom. The van der Waals surface area contributed by atoms with Gasteiger partial charge in [0.05, 0.1) is 25.3 Å². The van der Waals surface area contributed by atoms with E-state index < -0.39 is 6.10 Å². The third-order valence-corrected chi connectivity index (χ3v) is 6.80. The van der Waals surface area contributed by atoms with Crippen LogP contribution in [0, 0.1) is 5.82 Å². The van der Waals surface area contributed by atoms with Crippen LogP contribution in [-0.2, 0) is 20.7 Å². The molecule has 7 nitrogen and oxygen atoms in total. The number of aliphatic hydroxyl groups excluding tert-OH is 1. The van der Waals surface area contributed by atoms with Crippen molar-refractivity contribution >= 4 is 17.2 Å². The lowest BCUT2D eigenvalue weighted by Crippen LogP contribution is -2.48. The lowest BCUT2D eigenvalue weighted by atomic mass is 10.0. The van der Waals surface area contributed by atoms with Crippen molar-refractivity contribution in [1.82, 2.24) is 9.80 Å². The minimum Gasteiger partial charge on any atom is -0.491 e. The molecule has 0 fully saturated rings. The van der Waals surface area contributed by atoms with Crippen molar-refractivity contribution < 1.29 is 28.5 Å². The van der Waals surface area contributed by atoms with Gasteiger partial charge in [0.2, 0.25) is 5.91 Å². The fraction of sp³-hybridized carbons (Fsp3) is 0.560. The number of nitrogens with zero attached hydrogens (tertiary/aromatic N) is 2. The van der Waals surface area contributed by atoms with E-state index in [0.717, 1.165) is 18.4 Å². The Hall–Kier alpha value is -2.04. The summed E-state index contributed by atoms with van der Waals surface area (Å²) < 4.78 is 29.7. The molecule has 1 aliphatic rings. The van der Waals surface area contributed by atoms with Crippen molar-refractivity contribution in [2.45, 2.75) is 31.9 Å². The Balaban J connectivity index is 1.68. The predicted molar refractivity (Wildman–Crippen MR) is 130 cm³/mol. The van der Waals surface area contributed by atoms with Crippen molar-refractivity contribution in [3.05, 3.63) is 52.0 Å². The van der Waals surface area contributed by atoms with Gasteiger partial charge in [-0.1, -0.05) is 0 Å². The van der Waals surface area contributed by atoms with Crippen molar-refractivity contribution in [1.29, 1.82) is 0 Å². The van der Waals surface area contributed by atoms with Crippen LogP contribution in [0.25, 0.3) is 0 Å². The summed E-state index contributed by atoms with van der Waals surface area (Å²) in [6.07, 6.45) is 0.900. The van der Waals surface area contributed by atoms with Crippen LogP contribution in [0.1, 0.15) is 29.8 Å².